The van der Waals surface area contributed by atoms with Crippen molar-refractivity contribution in [2.45, 2.75) is 13.8 Å². The van der Waals surface area contributed by atoms with Gasteiger partial charge in [0.15, 0.2) is 0 Å². The van der Waals surface area contributed by atoms with Crippen LogP contribution in [0.4, 0.5) is 5.69 Å². The van der Waals surface area contributed by atoms with Gasteiger partial charge in [0, 0.05) is 10.7 Å². The average molecular weight is 290 g/mol. The molecule has 1 amide bonds. The Hall–Kier alpha value is -2.00. The van der Waals surface area contributed by atoms with E-state index in [0.717, 1.165) is 16.8 Å². The Labute approximate surface area is 123 Å². The van der Waals surface area contributed by atoms with Crippen molar-refractivity contribution in [1.29, 1.82) is 0 Å². The van der Waals surface area contributed by atoms with Crippen LogP contribution in [0.5, 0.6) is 5.75 Å². The van der Waals surface area contributed by atoms with E-state index in [4.69, 9.17) is 16.3 Å². The molecule has 0 heterocycles. The first-order chi connectivity index (χ1) is 9.51. The molecule has 104 valence electrons. The van der Waals surface area contributed by atoms with Gasteiger partial charge in [-0.2, -0.15) is 0 Å². The normalized spacial score (nSPS) is 10.2. The van der Waals surface area contributed by atoms with Crippen molar-refractivity contribution in [3.8, 4) is 5.75 Å². The Bertz CT molecular complexity index is 653. The van der Waals surface area contributed by atoms with Gasteiger partial charge in [-0.25, -0.2) is 0 Å². The second-order valence-electron chi connectivity index (χ2n) is 4.62. The molecule has 0 spiro atoms. The minimum atomic E-state index is -0.240. The SMILES string of the molecule is COc1ccc(Cl)cc1C(=O)Nc1ccc(C)cc1C. The molecule has 2 rings (SSSR count). The highest BCUT2D eigenvalue weighted by Gasteiger charge is 2.14. The van der Waals surface area contributed by atoms with Crippen LogP contribution in [0, 0.1) is 13.8 Å². The van der Waals surface area contributed by atoms with E-state index < -0.39 is 0 Å². The monoisotopic (exact) mass is 289 g/mol. The van der Waals surface area contributed by atoms with Crippen molar-refractivity contribution in [3.05, 3.63) is 58.1 Å². The number of ether oxygens (including phenoxy) is 1. The largest absolute Gasteiger partial charge is 0.496 e. The fourth-order valence-electron chi connectivity index (χ4n) is 2.00. The van der Waals surface area contributed by atoms with Crippen molar-refractivity contribution in [1.82, 2.24) is 0 Å². The molecule has 0 aromatic heterocycles. The Morgan fingerprint density at radius 2 is 1.90 bits per heavy atom. The quantitative estimate of drug-likeness (QED) is 0.919. The minimum Gasteiger partial charge on any atom is -0.496 e. The van der Waals surface area contributed by atoms with Crippen LogP contribution in [0.25, 0.3) is 0 Å². The molecule has 0 aliphatic carbocycles. The second-order valence-corrected chi connectivity index (χ2v) is 5.05. The molecule has 0 atom stereocenters. The Kier molecular flexibility index (Phi) is 4.30. The lowest BCUT2D eigenvalue weighted by Gasteiger charge is -2.12. The van der Waals surface area contributed by atoms with E-state index in [1.807, 2.05) is 32.0 Å². The van der Waals surface area contributed by atoms with E-state index in [-0.39, 0.29) is 5.91 Å². The predicted molar refractivity (Wildman–Crippen MR) is 81.9 cm³/mol. The summed E-state index contributed by atoms with van der Waals surface area (Å²) in [6.07, 6.45) is 0. The summed E-state index contributed by atoms with van der Waals surface area (Å²) in [7, 11) is 1.52. The molecular weight excluding hydrogens is 274 g/mol. The third-order valence-corrected chi connectivity index (χ3v) is 3.27. The summed E-state index contributed by atoms with van der Waals surface area (Å²) in [5.74, 6) is 0.257. The molecule has 1 N–H and O–H groups in total. The number of benzene rings is 2. The lowest BCUT2D eigenvalue weighted by molar-refractivity contribution is 0.102. The van der Waals surface area contributed by atoms with Crippen LogP contribution in [-0.4, -0.2) is 13.0 Å². The standard InChI is InChI=1S/C16H16ClNO2/c1-10-4-6-14(11(2)8-10)18-16(19)13-9-12(17)5-7-15(13)20-3/h4-9H,1-3H3,(H,18,19). The van der Waals surface area contributed by atoms with Gasteiger partial charge in [0.1, 0.15) is 5.75 Å². The fourth-order valence-corrected chi connectivity index (χ4v) is 2.17. The van der Waals surface area contributed by atoms with E-state index in [1.165, 1.54) is 7.11 Å². The maximum atomic E-state index is 12.3. The van der Waals surface area contributed by atoms with Gasteiger partial charge in [0.25, 0.3) is 5.91 Å². The number of aryl methyl sites for hydroxylation is 2. The van der Waals surface area contributed by atoms with Gasteiger partial charge in [-0.15, -0.1) is 0 Å². The summed E-state index contributed by atoms with van der Waals surface area (Å²) >= 11 is 5.94. The molecular formula is C16H16ClNO2. The zero-order valence-electron chi connectivity index (χ0n) is 11.7. The summed E-state index contributed by atoms with van der Waals surface area (Å²) in [4.78, 5) is 12.3. The number of halogens is 1. The van der Waals surface area contributed by atoms with Crippen LogP contribution in [-0.2, 0) is 0 Å². The molecule has 0 bridgehead atoms. The number of anilines is 1. The summed E-state index contributed by atoms with van der Waals surface area (Å²) < 4.78 is 5.19. The molecule has 0 unspecified atom stereocenters. The molecule has 0 saturated carbocycles. The van der Waals surface area contributed by atoms with Crippen molar-refractivity contribution >= 4 is 23.2 Å². The fraction of sp³-hybridized carbons (Fsp3) is 0.188. The zero-order chi connectivity index (χ0) is 14.7. The number of rotatable bonds is 3. The van der Waals surface area contributed by atoms with E-state index >= 15 is 0 Å². The van der Waals surface area contributed by atoms with Crippen LogP contribution in [0.2, 0.25) is 5.02 Å². The molecule has 0 fully saturated rings. The third kappa shape index (κ3) is 3.11. The number of hydrogen-bond acceptors (Lipinski definition) is 2. The van der Waals surface area contributed by atoms with E-state index in [0.29, 0.717) is 16.3 Å². The maximum absolute atomic E-state index is 12.3. The van der Waals surface area contributed by atoms with E-state index in [1.54, 1.807) is 18.2 Å². The number of hydrogen-bond donors (Lipinski definition) is 1. The highest BCUT2D eigenvalue weighted by molar-refractivity contribution is 6.31. The van der Waals surface area contributed by atoms with Crippen molar-refractivity contribution in [2.75, 3.05) is 12.4 Å². The first-order valence-electron chi connectivity index (χ1n) is 6.23. The lowest BCUT2D eigenvalue weighted by Crippen LogP contribution is -2.14. The van der Waals surface area contributed by atoms with Crippen LogP contribution >= 0.6 is 11.6 Å². The highest BCUT2D eigenvalue weighted by Crippen LogP contribution is 2.24. The topological polar surface area (TPSA) is 38.3 Å². The number of carbonyl (C=O) groups excluding carboxylic acids is 1. The maximum Gasteiger partial charge on any atom is 0.259 e. The van der Waals surface area contributed by atoms with Crippen molar-refractivity contribution in [2.24, 2.45) is 0 Å². The number of carbonyl (C=O) groups is 1. The number of amides is 1. The van der Waals surface area contributed by atoms with Gasteiger partial charge in [-0.1, -0.05) is 29.3 Å². The minimum absolute atomic E-state index is 0.240. The van der Waals surface area contributed by atoms with Gasteiger partial charge < -0.3 is 10.1 Å². The van der Waals surface area contributed by atoms with Crippen LogP contribution in [0.3, 0.4) is 0 Å². The second kappa shape index (κ2) is 5.97. The van der Waals surface area contributed by atoms with E-state index in [2.05, 4.69) is 5.32 Å². The van der Waals surface area contributed by atoms with Gasteiger partial charge in [0.2, 0.25) is 0 Å². The van der Waals surface area contributed by atoms with Crippen molar-refractivity contribution < 1.29 is 9.53 Å². The van der Waals surface area contributed by atoms with Gasteiger partial charge in [-0.3, -0.25) is 4.79 Å². The molecule has 2 aromatic carbocycles. The number of methoxy groups -OCH3 is 1. The summed E-state index contributed by atoms with van der Waals surface area (Å²) in [5.41, 5.74) is 3.36. The van der Waals surface area contributed by atoms with Crippen LogP contribution in [0.15, 0.2) is 36.4 Å². The smallest absolute Gasteiger partial charge is 0.259 e. The van der Waals surface area contributed by atoms with E-state index in [9.17, 15) is 4.79 Å². The molecule has 4 heteroatoms. The highest BCUT2D eigenvalue weighted by atomic mass is 35.5. The number of nitrogens with one attached hydrogen (secondary N) is 1. The van der Waals surface area contributed by atoms with Gasteiger partial charge >= 0.3 is 0 Å². The van der Waals surface area contributed by atoms with Gasteiger partial charge in [0.05, 0.1) is 12.7 Å². The molecule has 3 nitrogen and oxygen atoms in total. The first-order valence-corrected chi connectivity index (χ1v) is 6.61. The molecule has 0 saturated heterocycles. The lowest BCUT2D eigenvalue weighted by atomic mass is 10.1. The molecule has 0 radical (unpaired) electrons. The van der Waals surface area contributed by atoms with Crippen LogP contribution in [0.1, 0.15) is 21.5 Å². The predicted octanol–water partition coefficient (Wildman–Crippen LogP) is 4.22. The Morgan fingerprint density at radius 3 is 2.55 bits per heavy atom. The summed E-state index contributed by atoms with van der Waals surface area (Å²) in [6.45, 7) is 3.97. The molecule has 2 aromatic rings. The molecule has 0 aliphatic heterocycles. The molecule has 20 heavy (non-hydrogen) atoms. The van der Waals surface area contributed by atoms with Crippen molar-refractivity contribution in [3.63, 3.8) is 0 Å². The summed E-state index contributed by atoms with van der Waals surface area (Å²) in [6, 6.07) is 10.8. The zero-order valence-corrected chi connectivity index (χ0v) is 12.4. The molecule has 0 aliphatic rings. The van der Waals surface area contributed by atoms with Crippen LogP contribution < -0.4 is 10.1 Å². The Morgan fingerprint density at radius 1 is 1.15 bits per heavy atom. The summed E-state index contributed by atoms with van der Waals surface area (Å²) in [5, 5.41) is 3.37. The van der Waals surface area contributed by atoms with Gasteiger partial charge in [-0.05, 0) is 43.7 Å². The average Bonchev–Trinajstić information content (AvgIpc) is 2.41. The first kappa shape index (κ1) is 14.4. The third-order valence-electron chi connectivity index (χ3n) is 3.04. The Balaban J connectivity index is 2.30.